The van der Waals surface area contributed by atoms with Gasteiger partial charge in [0, 0.05) is 0 Å². The highest BCUT2D eigenvalue weighted by atomic mass is 32.2. The third-order valence-corrected chi connectivity index (χ3v) is 6.10. The summed E-state index contributed by atoms with van der Waals surface area (Å²) >= 11 is 0. The average molecular weight is 336 g/mol. The van der Waals surface area contributed by atoms with Crippen LogP contribution >= 0.6 is 0 Å². The number of hydrogen-bond donors (Lipinski definition) is 1. The highest BCUT2D eigenvalue weighted by Crippen LogP contribution is 2.20. The van der Waals surface area contributed by atoms with Gasteiger partial charge in [-0.2, -0.15) is 8.42 Å². The SMILES string of the molecule is CCCCCCCCCCCCCCC(C)(N)S(=O)(=O)OC. The van der Waals surface area contributed by atoms with Crippen molar-refractivity contribution in [3.63, 3.8) is 0 Å². The summed E-state index contributed by atoms with van der Waals surface area (Å²) in [6.07, 6.45) is 15.6. The molecule has 5 heteroatoms. The zero-order valence-electron chi connectivity index (χ0n) is 14.9. The summed E-state index contributed by atoms with van der Waals surface area (Å²) in [4.78, 5) is -1.26. The number of nitrogens with two attached hydrogens (primary N) is 1. The van der Waals surface area contributed by atoms with Crippen LogP contribution in [0.15, 0.2) is 0 Å². The standard InChI is InChI=1S/C17H37NO3S/c1-4-5-6-7-8-9-10-11-12-13-14-15-16-17(2,18)22(19,20)21-3/h4-16,18H2,1-3H3. The van der Waals surface area contributed by atoms with Crippen LogP contribution in [0.3, 0.4) is 0 Å². The highest BCUT2D eigenvalue weighted by Gasteiger charge is 2.34. The van der Waals surface area contributed by atoms with E-state index in [0.29, 0.717) is 6.42 Å². The summed E-state index contributed by atoms with van der Waals surface area (Å²) in [7, 11) is -2.47. The fourth-order valence-electron chi connectivity index (χ4n) is 2.63. The average Bonchev–Trinajstić information content (AvgIpc) is 2.48. The van der Waals surface area contributed by atoms with Crippen LogP contribution in [-0.2, 0) is 14.3 Å². The first kappa shape index (κ1) is 21.9. The number of unbranched alkanes of at least 4 members (excludes halogenated alkanes) is 11. The molecule has 0 bridgehead atoms. The quantitative estimate of drug-likeness (QED) is 0.347. The summed E-state index contributed by atoms with van der Waals surface area (Å²) in [6.45, 7) is 3.78. The van der Waals surface area contributed by atoms with Crippen molar-refractivity contribution in [2.24, 2.45) is 5.73 Å². The summed E-state index contributed by atoms with van der Waals surface area (Å²) in [5.41, 5.74) is 5.82. The highest BCUT2D eigenvalue weighted by molar-refractivity contribution is 7.88. The molecule has 0 aromatic heterocycles. The smallest absolute Gasteiger partial charge is 0.285 e. The second-order valence-corrected chi connectivity index (χ2v) is 8.75. The molecular formula is C17H37NO3S. The molecule has 0 aromatic carbocycles. The van der Waals surface area contributed by atoms with E-state index in [-0.39, 0.29) is 0 Å². The van der Waals surface area contributed by atoms with Crippen molar-refractivity contribution < 1.29 is 12.6 Å². The van der Waals surface area contributed by atoms with Gasteiger partial charge in [-0.1, -0.05) is 84.0 Å². The predicted octanol–water partition coefficient (Wildman–Crippen LogP) is 4.73. The minimum Gasteiger partial charge on any atom is -0.311 e. The van der Waals surface area contributed by atoms with Crippen LogP contribution in [0.1, 0.15) is 97.3 Å². The second-order valence-electron chi connectivity index (χ2n) is 6.57. The first-order valence-corrected chi connectivity index (χ1v) is 10.4. The molecule has 0 saturated heterocycles. The van der Waals surface area contributed by atoms with Crippen LogP contribution in [0.25, 0.3) is 0 Å². The van der Waals surface area contributed by atoms with Gasteiger partial charge in [-0.15, -0.1) is 0 Å². The van der Waals surface area contributed by atoms with Crippen molar-refractivity contribution in [1.29, 1.82) is 0 Å². The molecular weight excluding hydrogens is 298 g/mol. The van der Waals surface area contributed by atoms with Gasteiger partial charge < -0.3 is 5.73 Å². The van der Waals surface area contributed by atoms with Gasteiger partial charge in [0.2, 0.25) is 0 Å². The summed E-state index contributed by atoms with van der Waals surface area (Å²) < 4.78 is 27.7. The van der Waals surface area contributed by atoms with E-state index in [9.17, 15) is 8.42 Å². The van der Waals surface area contributed by atoms with E-state index in [2.05, 4.69) is 11.1 Å². The minimum atomic E-state index is -3.63. The maximum absolute atomic E-state index is 11.6. The van der Waals surface area contributed by atoms with Gasteiger partial charge >= 0.3 is 0 Å². The Morgan fingerprint density at radius 2 is 1.18 bits per heavy atom. The molecule has 0 aliphatic heterocycles. The molecule has 0 amide bonds. The topological polar surface area (TPSA) is 69.4 Å². The van der Waals surface area contributed by atoms with Crippen LogP contribution < -0.4 is 5.73 Å². The van der Waals surface area contributed by atoms with Gasteiger partial charge in [-0.25, -0.2) is 0 Å². The third kappa shape index (κ3) is 9.80. The Labute approximate surface area is 138 Å². The van der Waals surface area contributed by atoms with Gasteiger partial charge in [0.15, 0.2) is 0 Å². The summed E-state index contributed by atoms with van der Waals surface area (Å²) in [5.74, 6) is 0. The van der Waals surface area contributed by atoms with E-state index >= 15 is 0 Å². The van der Waals surface area contributed by atoms with Crippen molar-refractivity contribution in [3.05, 3.63) is 0 Å². The van der Waals surface area contributed by atoms with Crippen LogP contribution in [0, 0.1) is 0 Å². The van der Waals surface area contributed by atoms with E-state index in [1.165, 1.54) is 78.2 Å². The second kappa shape index (κ2) is 12.3. The minimum absolute atomic E-state index is 0.459. The first-order chi connectivity index (χ1) is 10.4. The first-order valence-electron chi connectivity index (χ1n) is 8.96. The Balaban J connectivity index is 3.44. The monoisotopic (exact) mass is 335 g/mol. The molecule has 4 nitrogen and oxygen atoms in total. The lowest BCUT2D eigenvalue weighted by Crippen LogP contribution is -2.45. The molecule has 0 rings (SSSR count). The van der Waals surface area contributed by atoms with Crippen LogP contribution in [0.5, 0.6) is 0 Å². The molecule has 0 spiro atoms. The van der Waals surface area contributed by atoms with Gasteiger partial charge in [0.05, 0.1) is 7.11 Å². The van der Waals surface area contributed by atoms with Gasteiger partial charge in [0.1, 0.15) is 4.87 Å². The molecule has 134 valence electrons. The lowest BCUT2D eigenvalue weighted by Gasteiger charge is -2.22. The zero-order valence-corrected chi connectivity index (χ0v) is 15.7. The summed E-state index contributed by atoms with van der Waals surface area (Å²) in [6, 6.07) is 0. The Morgan fingerprint density at radius 1 is 0.818 bits per heavy atom. The molecule has 0 aliphatic rings. The van der Waals surface area contributed by atoms with Crippen LogP contribution in [0.4, 0.5) is 0 Å². The molecule has 22 heavy (non-hydrogen) atoms. The van der Waals surface area contributed by atoms with Crippen molar-refractivity contribution in [2.75, 3.05) is 7.11 Å². The largest absolute Gasteiger partial charge is 0.311 e. The van der Waals surface area contributed by atoms with E-state index in [1.807, 2.05) is 0 Å². The zero-order chi connectivity index (χ0) is 16.9. The molecule has 1 atom stereocenters. The molecule has 1 unspecified atom stereocenters. The molecule has 0 saturated carbocycles. The fourth-order valence-corrected chi connectivity index (χ4v) is 3.41. The fraction of sp³-hybridized carbons (Fsp3) is 1.00. The normalized spacial score (nSPS) is 14.9. The maximum atomic E-state index is 11.6. The lowest BCUT2D eigenvalue weighted by molar-refractivity contribution is 0.357. The van der Waals surface area contributed by atoms with Crippen LogP contribution in [-0.4, -0.2) is 20.4 Å². The molecule has 0 heterocycles. The van der Waals surface area contributed by atoms with Crippen molar-refractivity contribution in [1.82, 2.24) is 0 Å². The van der Waals surface area contributed by atoms with Crippen molar-refractivity contribution in [2.45, 2.75) is 102 Å². The Morgan fingerprint density at radius 3 is 1.55 bits per heavy atom. The van der Waals surface area contributed by atoms with E-state index in [1.54, 1.807) is 0 Å². The van der Waals surface area contributed by atoms with E-state index in [0.717, 1.165) is 12.8 Å². The third-order valence-electron chi connectivity index (χ3n) is 4.32. The Bertz CT molecular complexity index is 353. The number of hydrogen-bond acceptors (Lipinski definition) is 4. The molecule has 0 aliphatic carbocycles. The van der Waals surface area contributed by atoms with E-state index in [4.69, 9.17) is 5.73 Å². The predicted molar refractivity (Wildman–Crippen MR) is 94.2 cm³/mol. The summed E-state index contributed by atoms with van der Waals surface area (Å²) in [5, 5.41) is 0. The Hall–Kier alpha value is -0.130. The Kier molecular flexibility index (Phi) is 12.2. The van der Waals surface area contributed by atoms with Gasteiger partial charge in [-0.05, 0) is 13.3 Å². The molecule has 0 fully saturated rings. The van der Waals surface area contributed by atoms with Crippen molar-refractivity contribution in [3.8, 4) is 0 Å². The van der Waals surface area contributed by atoms with Gasteiger partial charge in [-0.3, -0.25) is 4.18 Å². The molecule has 2 N–H and O–H groups in total. The number of rotatable bonds is 15. The van der Waals surface area contributed by atoms with Gasteiger partial charge in [0.25, 0.3) is 10.1 Å². The lowest BCUT2D eigenvalue weighted by atomic mass is 10.0. The van der Waals surface area contributed by atoms with Crippen molar-refractivity contribution >= 4 is 10.1 Å². The van der Waals surface area contributed by atoms with E-state index < -0.39 is 15.0 Å². The van der Waals surface area contributed by atoms with Crippen LogP contribution in [0.2, 0.25) is 0 Å². The maximum Gasteiger partial charge on any atom is 0.285 e. The molecule has 0 radical (unpaired) electrons. The molecule has 0 aromatic rings.